The van der Waals surface area contributed by atoms with Gasteiger partial charge in [0.2, 0.25) is 0 Å². The molecule has 0 amide bonds. The summed E-state index contributed by atoms with van der Waals surface area (Å²) in [6.45, 7) is 2.04. The molecule has 0 radical (unpaired) electrons. The number of ether oxygens (including phenoxy) is 1. The molecular formula is C12H17N3O2S. The van der Waals surface area contributed by atoms with Gasteiger partial charge in [-0.25, -0.2) is 9.97 Å². The van der Waals surface area contributed by atoms with Crippen molar-refractivity contribution in [1.82, 2.24) is 9.97 Å². The van der Waals surface area contributed by atoms with E-state index in [0.717, 1.165) is 23.9 Å². The second kappa shape index (κ2) is 6.58. The first-order valence-electron chi connectivity index (χ1n) is 6.07. The predicted octanol–water partition coefficient (Wildman–Crippen LogP) is 1.73. The van der Waals surface area contributed by atoms with E-state index < -0.39 is 0 Å². The summed E-state index contributed by atoms with van der Waals surface area (Å²) in [4.78, 5) is 22.1. The summed E-state index contributed by atoms with van der Waals surface area (Å²) in [5, 5.41) is 0.810. The fraction of sp³-hybridized carbons (Fsp3) is 0.583. The van der Waals surface area contributed by atoms with E-state index in [-0.39, 0.29) is 11.7 Å². The first-order chi connectivity index (χ1) is 8.81. The van der Waals surface area contributed by atoms with Crippen molar-refractivity contribution in [1.29, 1.82) is 0 Å². The maximum Gasteiger partial charge on any atom is 0.316 e. The van der Waals surface area contributed by atoms with Gasteiger partial charge in [-0.1, -0.05) is 11.8 Å². The summed E-state index contributed by atoms with van der Waals surface area (Å²) in [5.74, 6) is 0.928. The van der Waals surface area contributed by atoms with Crippen molar-refractivity contribution < 1.29 is 9.53 Å². The maximum atomic E-state index is 11.2. The molecule has 0 aliphatic carbocycles. The van der Waals surface area contributed by atoms with Gasteiger partial charge in [-0.05, 0) is 19.3 Å². The molecule has 1 saturated heterocycles. The van der Waals surface area contributed by atoms with Gasteiger partial charge in [0, 0.05) is 25.5 Å². The molecule has 1 aromatic rings. The summed E-state index contributed by atoms with van der Waals surface area (Å²) in [6.07, 6.45) is 7.02. The summed E-state index contributed by atoms with van der Waals surface area (Å²) in [5.41, 5.74) is 0. The van der Waals surface area contributed by atoms with Crippen molar-refractivity contribution in [3.63, 3.8) is 0 Å². The minimum Gasteiger partial charge on any atom is -0.468 e. The van der Waals surface area contributed by atoms with Gasteiger partial charge in [-0.2, -0.15) is 0 Å². The molecule has 1 aromatic heterocycles. The summed E-state index contributed by atoms with van der Waals surface area (Å²) >= 11 is 1.38. The number of methoxy groups -OCH3 is 1. The van der Waals surface area contributed by atoms with Crippen molar-refractivity contribution in [2.24, 2.45) is 0 Å². The van der Waals surface area contributed by atoms with Gasteiger partial charge in [0.1, 0.15) is 5.03 Å². The monoisotopic (exact) mass is 267 g/mol. The van der Waals surface area contributed by atoms with Crippen LogP contribution < -0.4 is 4.90 Å². The van der Waals surface area contributed by atoms with Gasteiger partial charge in [-0.3, -0.25) is 4.79 Å². The van der Waals surface area contributed by atoms with E-state index in [1.54, 1.807) is 12.4 Å². The molecule has 0 saturated carbocycles. The summed E-state index contributed by atoms with van der Waals surface area (Å²) < 4.78 is 4.64. The Labute approximate surface area is 111 Å². The molecule has 6 heteroatoms. The van der Waals surface area contributed by atoms with E-state index in [2.05, 4.69) is 19.6 Å². The molecule has 2 rings (SSSR count). The van der Waals surface area contributed by atoms with E-state index in [9.17, 15) is 4.79 Å². The van der Waals surface area contributed by atoms with E-state index in [1.807, 2.05) is 0 Å². The van der Waals surface area contributed by atoms with Crippen molar-refractivity contribution in [3.8, 4) is 0 Å². The van der Waals surface area contributed by atoms with Crippen LogP contribution in [0.1, 0.15) is 19.3 Å². The SMILES string of the molecule is COC(=O)CSc1nccnc1N1CCCCC1. The zero-order valence-corrected chi connectivity index (χ0v) is 11.3. The molecule has 0 N–H and O–H groups in total. The first kappa shape index (κ1) is 13.1. The summed E-state index contributed by atoms with van der Waals surface area (Å²) in [7, 11) is 1.39. The Balaban J connectivity index is 2.06. The fourth-order valence-corrected chi connectivity index (χ4v) is 2.75. The van der Waals surface area contributed by atoms with Crippen LogP contribution in [0.2, 0.25) is 0 Å². The van der Waals surface area contributed by atoms with E-state index in [4.69, 9.17) is 0 Å². The second-order valence-corrected chi connectivity index (χ2v) is 5.06. The highest BCUT2D eigenvalue weighted by Gasteiger charge is 2.17. The molecule has 98 valence electrons. The number of aromatic nitrogens is 2. The van der Waals surface area contributed by atoms with Gasteiger partial charge >= 0.3 is 5.97 Å². The Morgan fingerprint density at radius 2 is 2.06 bits per heavy atom. The average Bonchev–Trinajstić information content (AvgIpc) is 2.46. The lowest BCUT2D eigenvalue weighted by molar-refractivity contribution is -0.137. The number of hydrogen-bond donors (Lipinski definition) is 0. The molecule has 0 aromatic carbocycles. The first-order valence-corrected chi connectivity index (χ1v) is 7.05. The van der Waals surface area contributed by atoms with Gasteiger partial charge in [-0.15, -0.1) is 0 Å². The normalized spacial score (nSPS) is 15.5. The van der Waals surface area contributed by atoms with Crippen LogP contribution in [0.4, 0.5) is 5.82 Å². The van der Waals surface area contributed by atoms with Crippen LogP contribution >= 0.6 is 11.8 Å². The number of carbonyl (C=O) groups excluding carboxylic acids is 1. The summed E-state index contributed by atoms with van der Waals surface area (Å²) in [6, 6.07) is 0. The standard InChI is InChI=1S/C12H17N3O2S/c1-17-10(16)9-18-12-11(13-5-6-14-12)15-7-3-2-4-8-15/h5-6H,2-4,7-9H2,1H3. The van der Waals surface area contributed by atoms with E-state index >= 15 is 0 Å². The molecule has 0 unspecified atom stereocenters. The third-order valence-corrected chi connectivity index (χ3v) is 3.80. The molecule has 0 atom stereocenters. The lowest BCUT2D eigenvalue weighted by Crippen LogP contribution is -2.30. The third kappa shape index (κ3) is 3.35. The largest absolute Gasteiger partial charge is 0.468 e. The Kier molecular flexibility index (Phi) is 4.81. The molecule has 0 spiro atoms. The third-order valence-electron chi connectivity index (χ3n) is 2.86. The number of nitrogens with zero attached hydrogens (tertiary/aromatic N) is 3. The Morgan fingerprint density at radius 1 is 1.33 bits per heavy atom. The van der Waals surface area contributed by atoms with Crippen LogP contribution in [-0.4, -0.2) is 41.9 Å². The fourth-order valence-electron chi connectivity index (χ4n) is 1.93. The topological polar surface area (TPSA) is 55.3 Å². The maximum absolute atomic E-state index is 11.2. The number of carbonyl (C=O) groups is 1. The number of piperidine rings is 1. The molecular weight excluding hydrogens is 250 g/mol. The molecule has 1 fully saturated rings. The van der Waals surface area contributed by atoms with Crippen LogP contribution in [0.15, 0.2) is 17.4 Å². The number of esters is 1. The van der Waals surface area contributed by atoms with Crippen LogP contribution in [0, 0.1) is 0 Å². The van der Waals surface area contributed by atoms with Gasteiger partial charge in [0.15, 0.2) is 5.82 Å². The van der Waals surface area contributed by atoms with E-state index in [1.165, 1.54) is 38.1 Å². The number of rotatable bonds is 4. The van der Waals surface area contributed by atoms with Crippen molar-refractivity contribution in [2.75, 3.05) is 30.9 Å². The average molecular weight is 267 g/mol. The Hall–Kier alpha value is -1.30. The van der Waals surface area contributed by atoms with Gasteiger partial charge in [0.25, 0.3) is 0 Å². The van der Waals surface area contributed by atoms with Gasteiger partial charge < -0.3 is 9.64 Å². The predicted molar refractivity (Wildman–Crippen MR) is 70.8 cm³/mol. The molecule has 2 heterocycles. The lowest BCUT2D eigenvalue weighted by atomic mass is 10.1. The molecule has 5 nitrogen and oxygen atoms in total. The minimum absolute atomic E-state index is 0.241. The van der Waals surface area contributed by atoms with Crippen LogP contribution in [-0.2, 0) is 9.53 Å². The van der Waals surface area contributed by atoms with Crippen molar-refractivity contribution in [2.45, 2.75) is 24.3 Å². The minimum atomic E-state index is -0.241. The molecule has 0 bridgehead atoms. The van der Waals surface area contributed by atoms with Crippen molar-refractivity contribution in [3.05, 3.63) is 12.4 Å². The van der Waals surface area contributed by atoms with Crippen LogP contribution in [0.5, 0.6) is 0 Å². The highest BCUT2D eigenvalue weighted by molar-refractivity contribution is 8.00. The van der Waals surface area contributed by atoms with E-state index in [0.29, 0.717) is 0 Å². The highest BCUT2D eigenvalue weighted by atomic mass is 32.2. The van der Waals surface area contributed by atoms with Crippen LogP contribution in [0.25, 0.3) is 0 Å². The quantitative estimate of drug-likeness (QED) is 0.612. The van der Waals surface area contributed by atoms with Crippen molar-refractivity contribution >= 4 is 23.5 Å². The van der Waals surface area contributed by atoms with Gasteiger partial charge in [0.05, 0.1) is 12.9 Å². The van der Waals surface area contributed by atoms with Crippen LogP contribution in [0.3, 0.4) is 0 Å². The number of thioether (sulfide) groups is 1. The zero-order chi connectivity index (χ0) is 12.8. The molecule has 18 heavy (non-hydrogen) atoms. The Bertz CT molecular complexity index is 408. The number of hydrogen-bond acceptors (Lipinski definition) is 6. The Morgan fingerprint density at radius 3 is 2.78 bits per heavy atom. The highest BCUT2D eigenvalue weighted by Crippen LogP contribution is 2.27. The lowest BCUT2D eigenvalue weighted by Gasteiger charge is -2.28. The molecule has 1 aliphatic heterocycles. The second-order valence-electron chi connectivity index (χ2n) is 4.10. The zero-order valence-electron chi connectivity index (χ0n) is 10.5. The molecule has 1 aliphatic rings. The smallest absolute Gasteiger partial charge is 0.316 e. The number of anilines is 1.